The highest BCUT2D eigenvalue weighted by molar-refractivity contribution is 6.33. The highest BCUT2D eigenvalue weighted by atomic mass is 35.5. The van der Waals surface area contributed by atoms with Crippen LogP contribution in [0, 0.1) is 0 Å². The highest BCUT2D eigenvalue weighted by Gasteiger charge is 2.48. The molecule has 2 aliphatic heterocycles. The molecule has 0 spiro atoms. The van der Waals surface area contributed by atoms with E-state index in [-0.39, 0.29) is 24.9 Å². The SMILES string of the molecule is O[C@@H]1CO[C@H]2[C@@H]1OC[C@H]2Oc1nc2nc(-c3ccc(-c4ccc(-n5ccnn5)cc4)cc3)c(Cl)cc2[nH]1. The van der Waals surface area contributed by atoms with E-state index in [2.05, 4.69) is 25.3 Å². The first kappa shape index (κ1) is 22.4. The van der Waals surface area contributed by atoms with Gasteiger partial charge in [0.2, 0.25) is 0 Å². The lowest BCUT2D eigenvalue weighted by Gasteiger charge is -2.15. The van der Waals surface area contributed by atoms with Crippen molar-refractivity contribution in [1.29, 1.82) is 0 Å². The molecule has 2 aliphatic rings. The van der Waals surface area contributed by atoms with E-state index in [9.17, 15) is 5.11 Å². The number of hydrogen-bond donors (Lipinski definition) is 2. The number of hydrogen-bond acceptors (Lipinski definition) is 8. The Labute approximate surface area is 215 Å². The lowest BCUT2D eigenvalue weighted by Crippen LogP contribution is -2.34. The molecule has 7 rings (SSSR count). The molecular weight excluding hydrogens is 496 g/mol. The maximum Gasteiger partial charge on any atom is 0.296 e. The molecule has 5 heterocycles. The van der Waals surface area contributed by atoms with Crippen molar-refractivity contribution in [2.24, 2.45) is 0 Å². The van der Waals surface area contributed by atoms with Gasteiger partial charge in [-0.2, -0.15) is 4.98 Å². The van der Waals surface area contributed by atoms with Crippen molar-refractivity contribution in [3.8, 4) is 34.1 Å². The summed E-state index contributed by atoms with van der Waals surface area (Å²) in [7, 11) is 0. The topological polar surface area (TPSA) is 120 Å². The van der Waals surface area contributed by atoms with Crippen LogP contribution in [0.25, 0.3) is 39.2 Å². The fraction of sp³-hybridized carbons (Fsp3) is 0.231. The number of aliphatic hydroxyl groups is 1. The normalized spacial score (nSPS) is 23.0. The summed E-state index contributed by atoms with van der Waals surface area (Å²) in [4.78, 5) is 12.3. The molecule has 0 aliphatic carbocycles. The Balaban J connectivity index is 1.11. The molecular formula is C26H21ClN6O4. The van der Waals surface area contributed by atoms with E-state index in [0.29, 0.717) is 34.5 Å². The molecule has 3 aromatic heterocycles. The third-order valence-corrected chi connectivity index (χ3v) is 6.98. The van der Waals surface area contributed by atoms with Gasteiger partial charge >= 0.3 is 0 Å². The summed E-state index contributed by atoms with van der Waals surface area (Å²) < 4.78 is 18.9. The van der Waals surface area contributed by atoms with Crippen LogP contribution in [0.3, 0.4) is 0 Å². The number of nitrogens with one attached hydrogen (secondary N) is 1. The minimum Gasteiger partial charge on any atom is -0.456 e. The number of aromatic nitrogens is 6. The zero-order chi connectivity index (χ0) is 24.9. The number of aliphatic hydroxyl groups excluding tert-OH is 1. The van der Waals surface area contributed by atoms with Crippen molar-refractivity contribution < 1.29 is 19.3 Å². The molecule has 2 N–H and O–H groups in total. The van der Waals surface area contributed by atoms with E-state index in [0.717, 1.165) is 22.4 Å². The summed E-state index contributed by atoms with van der Waals surface area (Å²) in [5.74, 6) is 0. The first-order valence-electron chi connectivity index (χ1n) is 11.8. The minimum absolute atomic E-state index is 0.239. The van der Waals surface area contributed by atoms with Crippen LogP contribution in [0.1, 0.15) is 0 Å². The molecule has 11 heteroatoms. The van der Waals surface area contributed by atoms with Gasteiger partial charge in [-0.05, 0) is 29.3 Å². The molecule has 2 fully saturated rings. The van der Waals surface area contributed by atoms with Gasteiger partial charge in [-0.3, -0.25) is 0 Å². The quantitative estimate of drug-likeness (QED) is 0.364. The molecule has 186 valence electrons. The number of aromatic amines is 1. The number of pyridine rings is 1. The number of rotatable bonds is 5. The van der Waals surface area contributed by atoms with E-state index < -0.39 is 6.10 Å². The number of imidazole rings is 1. The Kier molecular flexibility index (Phi) is 5.40. The van der Waals surface area contributed by atoms with Crippen LogP contribution in [-0.2, 0) is 9.47 Å². The van der Waals surface area contributed by atoms with Gasteiger partial charge in [0, 0.05) is 5.56 Å². The fourth-order valence-electron chi connectivity index (χ4n) is 4.82. The Morgan fingerprint density at radius 1 is 0.946 bits per heavy atom. The third-order valence-electron chi connectivity index (χ3n) is 6.70. The number of benzene rings is 2. The van der Waals surface area contributed by atoms with Crippen molar-refractivity contribution in [1.82, 2.24) is 29.9 Å². The summed E-state index contributed by atoms with van der Waals surface area (Å²) >= 11 is 6.60. The largest absolute Gasteiger partial charge is 0.456 e. The molecule has 0 radical (unpaired) electrons. The van der Waals surface area contributed by atoms with Crippen LogP contribution >= 0.6 is 11.6 Å². The van der Waals surface area contributed by atoms with E-state index in [4.69, 9.17) is 25.8 Å². The second kappa shape index (κ2) is 8.93. The summed E-state index contributed by atoms with van der Waals surface area (Å²) in [5, 5.41) is 18.3. The average Bonchev–Trinajstić information content (AvgIpc) is 3.71. The molecule has 5 aromatic rings. The van der Waals surface area contributed by atoms with Crippen molar-refractivity contribution in [3.63, 3.8) is 0 Å². The van der Waals surface area contributed by atoms with Gasteiger partial charge in [-0.1, -0.05) is 53.2 Å². The molecule has 0 amide bonds. The molecule has 2 aromatic carbocycles. The Bertz CT molecular complexity index is 1560. The van der Waals surface area contributed by atoms with Crippen LogP contribution in [0.4, 0.5) is 0 Å². The number of nitrogens with zero attached hydrogens (tertiary/aromatic N) is 5. The smallest absolute Gasteiger partial charge is 0.296 e. The van der Waals surface area contributed by atoms with Crippen molar-refractivity contribution >= 4 is 22.8 Å². The predicted octanol–water partition coefficient (Wildman–Crippen LogP) is 3.43. The van der Waals surface area contributed by atoms with Gasteiger partial charge in [0.1, 0.15) is 18.3 Å². The van der Waals surface area contributed by atoms with Gasteiger partial charge in [-0.15, -0.1) is 5.10 Å². The first-order valence-corrected chi connectivity index (χ1v) is 12.2. The second-order valence-electron chi connectivity index (χ2n) is 9.02. The zero-order valence-electron chi connectivity index (χ0n) is 19.4. The molecule has 10 nitrogen and oxygen atoms in total. The number of halogens is 1. The lowest BCUT2D eigenvalue weighted by atomic mass is 10.0. The Morgan fingerprint density at radius 2 is 1.68 bits per heavy atom. The molecule has 0 saturated carbocycles. The van der Waals surface area contributed by atoms with Crippen molar-refractivity contribution in [3.05, 3.63) is 72.0 Å². The summed E-state index contributed by atoms with van der Waals surface area (Å²) in [5.41, 5.74) is 5.75. The molecule has 2 saturated heterocycles. The third kappa shape index (κ3) is 4.04. The number of H-pyrrole nitrogens is 1. The van der Waals surface area contributed by atoms with Gasteiger partial charge in [0.15, 0.2) is 11.8 Å². The van der Waals surface area contributed by atoms with E-state index >= 15 is 0 Å². The van der Waals surface area contributed by atoms with Crippen LogP contribution in [0.5, 0.6) is 6.01 Å². The standard InChI is InChI=1S/C26H21ClN6O4/c27-18-11-19-25(31-26(29-19)37-21-13-36-23-20(34)12-35-24(21)23)30-22(18)16-3-1-14(2-4-16)15-5-7-17(8-6-15)33-10-9-28-32-33/h1-11,20-21,23-24,34H,12-13H2,(H,29,30,31)/t20-,21-,23-,24-/m1/s1. The maximum atomic E-state index is 9.94. The number of ether oxygens (including phenoxy) is 3. The molecule has 4 atom stereocenters. The van der Waals surface area contributed by atoms with E-state index in [1.165, 1.54) is 0 Å². The first-order chi connectivity index (χ1) is 18.1. The van der Waals surface area contributed by atoms with Gasteiger partial charge in [-0.25, -0.2) is 9.67 Å². The highest BCUT2D eigenvalue weighted by Crippen LogP contribution is 2.33. The van der Waals surface area contributed by atoms with Gasteiger partial charge in [0.25, 0.3) is 6.01 Å². The van der Waals surface area contributed by atoms with E-state index in [1.54, 1.807) is 23.1 Å². The summed E-state index contributed by atoms with van der Waals surface area (Å²) in [6, 6.07) is 18.2. The molecule has 37 heavy (non-hydrogen) atoms. The second-order valence-corrected chi connectivity index (χ2v) is 9.43. The minimum atomic E-state index is -0.636. The monoisotopic (exact) mass is 516 g/mol. The van der Waals surface area contributed by atoms with Gasteiger partial charge in [0.05, 0.1) is 47.5 Å². The Morgan fingerprint density at radius 3 is 2.43 bits per heavy atom. The lowest BCUT2D eigenvalue weighted by molar-refractivity contribution is 0.00706. The zero-order valence-corrected chi connectivity index (χ0v) is 20.1. The van der Waals surface area contributed by atoms with Crippen LogP contribution < -0.4 is 4.74 Å². The van der Waals surface area contributed by atoms with Crippen LogP contribution in [0.15, 0.2) is 67.0 Å². The number of fused-ring (bicyclic) bond motifs is 2. The van der Waals surface area contributed by atoms with Crippen LogP contribution in [0.2, 0.25) is 5.02 Å². The van der Waals surface area contributed by atoms with E-state index in [1.807, 2.05) is 48.5 Å². The van der Waals surface area contributed by atoms with Crippen LogP contribution in [-0.4, -0.2) is 72.7 Å². The summed E-state index contributed by atoms with van der Waals surface area (Å²) in [6.45, 7) is 0.557. The van der Waals surface area contributed by atoms with Gasteiger partial charge < -0.3 is 24.3 Å². The average molecular weight is 517 g/mol. The molecule has 0 unspecified atom stereocenters. The fourth-order valence-corrected chi connectivity index (χ4v) is 5.08. The Hall–Kier alpha value is -3.83. The maximum absolute atomic E-state index is 9.94. The van der Waals surface area contributed by atoms with Crippen molar-refractivity contribution in [2.75, 3.05) is 13.2 Å². The molecule has 0 bridgehead atoms. The van der Waals surface area contributed by atoms with Crippen molar-refractivity contribution in [2.45, 2.75) is 24.4 Å². The predicted molar refractivity (Wildman–Crippen MR) is 135 cm³/mol. The summed E-state index contributed by atoms with van der Waals surface area (Å²) in [6.07, 6.45) is 1.75.